The highest BCUT2D eigenvalue weighted by Gasteiger charge is 2.13. The molecule has 0 aromatic rings. The highest BCUT2D eigenvalue weighted by molar-refractivity contribution is 4.64. The van der Waals surface area contributed by atoms with Gasteiger partial charge in [0.1, 0.15) is 0 Å². The van der Waals surface area contributed by atoms with Gasteiger partial charge in [0, 0.05) is 13.2 Å². The number of nitrogens with one attached hydrogen (secondary N) is 1. The molecule has 0 amide bonds. The molecule has 0 aliphatic carbocycles. The van der Waals surface area contributed by atoms with E-state index in [2.05, 4.69) is 20.8 Å². The third-order valence-corrected chi connectivity index (χ3v) is 1.67. The van der Waals surface area contributed by atoms with Gasteiger partial charge in [0.05, 0.1) is 5.60 Å². The van der Waals surface area contributed by atoms with Crippen LogP contribution in [0.5, 0.6) is 0 Å². The van der Waals surface area contributed by atoms with E-state index in [0.29, 0.717) is 6.54 Å². The molecule has 0 saturated heterocycles. The molecule has 0 rings (SSSR count). The third kappa shape index (κ3) is 4.77. The van der Waals surface area contributed by atoms with Crippen molar-refractivity contribution in [1.29, 1.82) is 0 Å². The van der Waals surface area contributed by atoms with E-state index in [9.17, 15) is 0 Å². The lowest BCUT2D eigenvalue weighted by Gasteiger charge is -2.23. The zero-order valence-corrected chi connectivity index (χ0v) is 7.24. The van der Waals surface area contributed by atoms with E-state index in [1.54, 1.807) is 0 Å². The van der Waals surface area contributed by atoms with Crippen molar-refractivity contribution in [2.24, 2.45) is 0 Å². The maximum Gasteiger partial charge on any atom is 0.0623 e. The minimum absolute atomic E-state index is 0.00910. The maximum absolute atomic E-state index is 6.89. The minimum atomic E-state index is 0.00910. The first kappa shape index (κ1) is 9.92. The fraction of sp³-hybridized carbons (Fsp3) is 1.00. The van der Waals surface area contributed by atoms with Gasteiger partial charge in [0.25, 0.3) is 0 Å². The van der Waals surface area contributed by atoms with Crippen LogP contribution >= 0.6 is 0 Å². The van der Waals surface area contributed by atoms with Crippen molar-refractivity contribution in [3.63, 3.8) is 0 Å². The predicted molar refractivity (Wildman–Crippen MR) is 42.9 cm³/mol. The summed E-state index contributed by atoms with van der Waals surface area (Å²) in [6, 6.07) is 0. The van der Waals surface area contributed by atoms with E-state index in [1.165, 1.54) is 0 Å². The van der Waals surface area contributed by atoms with E-state index in [4.69, 9.17) is 10.5 Å². The van der Waals surface area contributed by atoms with E-state index in [-0.39, 0.29) is 5.60 Å². The van der Waals surface area contributed by atoms with E-state index < -0.39 is 0 Å². The van der Waals surface area contributed by atoms with Crippen LogP contribution in [0.4, 0.5) is 0 Å². The molecule has 1 N–H and O–H groups in total. The van der Waals surface area contributed by atoms with Crippen molar-refractivity contribution in [2.75, 3.05) is 13.2 Å². The van der Waals surface area contributed by atoms with Crippen molar-refractivity contribution < 1.29 is 4.74 Å². The first-order valence-electron chi connectivity index (χ1n) is 3.91. The molecule has 0 spiro atoms. The van der Waals surface area contributed by atoms with Gasteiger partial charge in [-0.3, -0.25) is 5.73 Å². The van der Waals surface area contributed by atoms with E-state index in [0.717, 1.165) is 19.4 Å². The molecule has 0 saturated carbocycles. The minimum Gasteiger partial charge on any atom is -0.376 e. The van der Waals surface area contributed by atoms with Crippen molar-refractivity contribution in [3.8, 4) is 0 Å². The molecular weight excluding hydrogens is 126 g/mol. The first-order valence-corrected chi connectivity index (χ1v) is 3.91. The molecule has 0 aromatic heterocycles. The Labute approximate surface area is 63.7 Å². The number of hydrogen-bond acceptors (Lipinski definition) is 1. The molecule has 1 radical (unpaired) electrons. The Bertz CT molecular complexity index is 81.3. The summed E-state index contributed by atoms with van der Waals surface area (Å²) in [5, 5.41) is 0. The van der Waals surface area contributed by atoms with Gasteiger partial charge in [0.2, 0.25) is 0 Å². The topological polar surface area (TPSA) is 33.0 Å². The van der Waals surface area contributed by atoms with Gasteiger partial charge in [-0.25, -0.2) is 0 Å². The molecule has 2 heteroatoms. The smallest absolute Gasteiger partial charge is 0.0623 e. The molecule has 10 heavy (non-hydrogen) atoms. The molecular formula is C8H18NO. The van der Waals surface area contributed by atoms with Crippen LogP contribution in [0.3, 0.4) is 0 Å². The average Bonchev–Trinajstić information content (AvgIpc) is 1.89. The molecule has 0 atom stereocenters. The lowest BCUT2D eigenvalue weighted by Crippen LogP contribution is -2.23. The van der Waals surface area contributed by atoms with Crippen LogP contribution in [-0.2, 0) is 4.74 Å². The van der Waals surface area contributed by atoms with Crippen molar-refractivity contribution in [3.05, 3.63) is 0 Å². The van der Waals surface area contributed by atoms with Gasteiger partial charge < -0.3 is 4.74 Å². The molecule has 0 aliphatic heterocycles. The zero-order valence-electron chi connectivity index (χ0n) is 7.24. The normalized spacial score (nSPS) is 12.0. The fourth-order valence-corrected chi connectivity index (χ4v) is 0.523. The van der Waals surface area contributed by atoms with Gasteiger partial charge in [-0.1, -0.05) is 6.92 Å². The summed E-state index contributed by atoms with van der Waals surface area (Å²) in [7, 11) is 0. The molecule has 0 heterocycles. The van der Waals surface area contributed by atoms with Gasteiger partial charge in [-0.15, -0.1) is 0 Å². The number of rotatable bonds is 5. The monoisotopic (exact) mass is 144 g/mol. The molecule has 0 bridgehead atoms. The second-order valence-electron chi connectivity index (χ2n) is 3.07. The lowest BCUT2D eigenvalue weighted by atomic mass is 10.1. The summed E-state index contributed by atoms with van der Waals surface area (Å²) in [6.45, 7) is 7.47. The summed E-state index contributed by atoms with van der Waals surface area (Å²) >= 11 is 0. The fourth-order valence-electron chi connectivity index (χ4n) is 0.523. The Morgan fingerprint density at radius 2 is 2.00 bits per heavy atom. The zero-order chi connectivity index (χ0) is 8.04. The van der Waals surface area contributed by atoms with E-state index in [1.807, 2.05) is 0 Å². The van der Waals surface area contributed by atoms with E-state index >= 15 is 0 Å². The molecule has 2 nitrogen and oxygen atoms in total. The predicted octanol–water partition coefficient (Wildman–Crippen LogP) is 1.86. The first-order chi connectivity index (χ1) is 4.62. The second-order valence-corrected chi connectivity index (χ2v) is 3.07. The number of hydrogen-bond donors (Lipinski definition) is 0. The Balaban J connectivity index is 3.28. The summed E-state index contributed by atoms with van der Waals surface area (Å²) in [6.07, 6.45) is 1.88. The lowest BCUT2D eigenvalue weighted by molar-refractivity contribution is -0.0203. The van der Waals surface area contributed by atoms with Crippen LogP contribution in [0, 0.1) is 0 Å². The second kappa shape index (κ2) is 4.69. The summed E-state index contributed by atoms with van der Waals surface area (Å²) < 4.78 is 5.50. The largest absolute Gasteiger partial charge is 0.376 e. The average molecular weight is 144 g/mol. The highest BCUT2D eigenvalue weighted by atomic mass is 16.5. The molecule has 0 aliphatic rings. The van der Waals surface area contributed by atoms with Crippen LogP contribution in [0.25, 0.3) is 0 Å². The molecule has 0 unspecified atom stereocenters. The Morgan fingerprint density at radius 3 is 2.40 bits per heavy atom. The van der Waals surface area contributed by atoms with Gasteiger partial charge in [0.15, 0.2) is 0 Å². The standard InChI is InChI=1S/C8H18NO/c1-4-8(2,3)10-7-5-6-9/h9H,4-7H2,1-3H3. The SMILES string of the molecule is CCC(C)(C)OCCC[NH]. The third-order valence-electron chi connectivity index (χ3n) is 1.67. The Hall–Kier alpha value is -0.0800. The number of ether oxygens (including phenoxy) is 1. The van der Waals surface area contributed by atoms with Crippen LogP contribution in [0.2, 0.25) is 0 Å². The van der Waals surface area contributed by atoms with Crippen LogP contribution < -0.4 is 5.73 Å². The van der Waals surface area contributed by atoms with Crippen molar-refractivity contribution in [1.82, 2.24) is 5.73 Å². The quantitative estimate of drug-likeness (QED) is 0.542. The van der Waals surface area contributed by atoms with Gasteiger partial charge in [-0.2, -0.15) is 0 Å². The Kier molecular flexibility index (Phi) is 4.65. The Morgan fingerprint density at radius 1 is 1.40 bits per heavy atom. The molecule has 0 aromatic carbocycles. The summed E-state index contributed by atoms with van der Waals surface area (Å²) in [5.41, 5.74) is 6.90. The van der Waals surface area contributed by atoms with Crippen LogP contribution in [0.15, 0.2) is 0 Å². The highest BCUT2D eigenvalue weighted by Crippen LogP contribution is 2.12. The summed E-state index contributed by atoms with van der Waals surface area (Å²) in [4.78, 5) is 0. The van der Waals surface area contributed by atoms with Gasteiger partial charge >= 0.3 is 0 Å². The maximum atomic E-state index is 6.89. The molecule has 0 fully saturated rings. The molecule has 61 valence electrons. The van der Waals surface area contributed by atoms with Crippen LogP contribution in [0.1, 0.15) is 33.6 Å². The van der Waals surface area contributed by atoms with Crippen LogP contribution in [-0.4, -0.2) is 18.8 Å². The van der Waals surface area contributed by atoms with Crippen molar-refractivity contribution >= 4 is 0 Å². The van der Waals surface area contributed by atoms with Crippen molar-refractivity contribution in [2.45, 2.75) is 39.2 Å². The summed E-state index contributed by atoms with van der Waals surface area (Å²) in [5.74, 6) is 0. The van der Waals surface area contributed by atoms with Gasteiger partial charge in [-0.05, 0) is 26.7 Å².